The quantitative estimate of drug-likeness (QED) is 0.920. The maximum atomic E-state index is 12.3. The summed E-state index contributed by atoms with van der Waals surface area (Å²) in [5, 5.41) is 3.48. The summed E-state index contributed by atoms with van der Waals surface area (Å²) in [5.41, 5.74) is 0.770. The number of nitrogens with one attached hydrogen (secondary N) is 1. The molecule has 3 nitrogen and oxygen atoms in total. The monoisotopic (exact) mass is 302 g/mol. The van der Waals surface area contributed by atoms with Crippen LogP contribution >= 0.6 is 0 Å². The molecule has 1 N–H and O–H groups in total. The number of nitrogens with zero attached hydrogens (tertiary/aromatic N) is 1. The van der Waals surface area contributed by atoms with Crippen molar-refractivity contribution < 1.29 is 17.9 Å². The summed E-state index contributed by atoms with van der Waals surface area (Å²) in [6, 6.07) is 6.95. The van der Waals surface area contributed by atoms with Gasteiger partial charge in [-0.25, -0.2) is 0 Å². The molecule has 6 heteroatoms. The smallest absolute Gasteiger partial charge is 0.406 e. The van der Waals surface area contributed by atoms with Gasteiger partial charge in [-0.2, -0.15) is 0 Å². The van der Waals surface area contributed by atoms with E-state index in [9.17, 15) is 13.2 Å². The zero-order valence-electron chi connectivity index (χ0n) is 12.3. The molecule has 1 atom stereocenters. The minimum absolute atomic E-state index is 0.168. The fourth-order valence-electron chi connectivity index (χ4n) is 2.70. The maximum Gasteiger partial charge on any atom is 0.573 e. The molecule has 1 aromatic rings. The highest BCUT2D eigenvalue weighted by atomic mass is 19.4. The average molecular weight is 302 g/mol. The predicted octanol–water partition coefficient (Wildman–Crippen LogP) is 3.55. The number of rotatable bonds is 4. The second-order valence-corrected chi connectivity index (χ2v) is 5.65. The first-order chi connectivity index (χ1) is 9.83. The van der Waals surface area contributed by atoms with E-state index in [2.05, 4.69) is 28.8 Å². The molecule has 1 heterocycles. The first-order valence-corrected chi connectivity index (χ1v) is 7.20. The van der Waals surface area contributed by atoms with Gasteiger partial charge < -0.3 is 15.0 Å². The summed E-state index contributed by atoms with van der Waals surface area (Å²) < 4.78 is 40.8. The molecule has 118 valence electrons. The van der Waals surface area contributed by atoms with Gasteiger partial charge in [0.2, 0.25) is 0 Å². The third kappa shape index (κ3) is 5.12. The number of benzene rings is 1. The van der Waals surface area contributed by atoms with Gasteiger partial charge in [0.25, 0.3) is 0 Å². The topological polar surface area (TPSA) is 24.5 Å². The van der Waals surface area contributed by atoms with E-state index in [0.29, 0.717) is 12.1 Å². The van der Waals surface area contributed by atoms with Crippen LogP contribution < -0.4 is 15.0 Å². The largest absolute Gasteiger partial charge is 0.573 e. The van der Waals surface area contributed by atoms with Crippen LogP contribution in [-0.2, 0) is 0 Å². The molecule has 0 aromatic heterocycles. The SMILES string of the molecule is CC(C)NC1CCCN(c2cccc(OC(F)(F)F)c2)C1. The molecule has 0 radical (unpaired) electrons. The highest BCUT2D eigenvalue weighted by Crippen LogP contribution is 2.28. The molecule has 0 saturated carbocycles. The summed E-state index contributed by atoms with van der Waals surface area (Å²) in [4.78, 5) is 2.10. The normalized spacial score (nSPS) is 19.9. The molecule has 1 aromatic carbocycles. The molecule has 0 amide bonds. The molecule has 1 aliphatic rings. The first-order valence-electron chi connectivity index (χ1n) is 7.20. The van der Waals surface area contributed by atoms with Gasteiger partial charge in [-0.1, -0.05) is 19.9 Å². The first kappa shape index (κ1) is 15.9. The van der Waals surface area contributed by atoms with Crippen molar-refractivity contribution in [2.75, 3.05) is 18.0 Å². The Balaban J connectivity index is 2.05. The van der Waals surface area contributed by atoms with E-state index in [-0.39, 0.29) is 5.75 Å². The number of hydrogen-bond acceptors (Lipinski definition) is 3. The van der Waals surface area contributed by atoms with Crippen LogP contribution in [0.5, 0.6) is 5.75 Å². The Morgan fingerprint density at radius 1 is 1.33 bits per heavy atom. The van der Waals surface area contributed by atoms with Gasteiger partial charge in [0, 0.05) is 36.9 Å². The van der Waals surface area contributed by atoms with E-state index in [0.717, 1.165) is 31.6 Å². The van der Waals surface area contributed by atoms with Crippen molar-refractivity contribution in [2.24, 2.45) is 0 Å². The van der Waals surface area contributed by atoms with Crippen LogP contribution in [-0.4, -0.2) is 31.5 Å². The van der Waals surface area contributed by atoms with Crippen LogP contribution in [0.2, 0.25) is 0 Å². The molecule has 1 saturated heterocycles. The third-order valence-corrected chi connectivity index (χ3v) is 3.41. The van der Waals surface area contributed by atoms with Gasteiger partial charge >= 0.3 is 6.36 Å². The van der Waals surface area contributed by atoms with Crippen molar-refractivity contribution in [1.82, 2.24) is 5.32 Å². The second kappa shape index (κ2) is 6.56. The van der Waals surface area contributed by atoms with E-state index < -0.39 is 6.36 Å². The lowest BCUT2D eigenvalue weighted by Crippen LogP contribution is -2.47. The second-order valence-electron chi connectivity index (χ2n) is 5.65. The molecule has 1 fully saturated rings. The Morgan fingerprint density at radius 2 is 2.10 bits per heavy atom. The molecule has 1 unspecified atom stereocenters. The van der Waals surface area contributed by atoms with E-state index in [1.165, 1.54) is 12.1 Å². The molecule has 21 heavy (non-hydrogen) atoms. The summed E-state index contributed by atoms with van der Waals surface area (Å²) in [6.07, 6.45) is -2.54. The lowest BCUT2D eigenvalue weighted by Gasteiger charge is -2.36. The van der Waals surface area contributed by atoms with Crippen LogP contribution in [0.25, 0.3) is 0 Å². The number of halogens is 3. The van der Waals surface area contributed by atoms with Crippen molar-refractivity contribution >= 4 is 5.69 Å². The fraction of sp³-hybridized carbons (Fsp3) is 0.600. The number of piperidine rings is 1. The average Bonchev–Trinajstić information content (AvgIpc) is 2.36. The Labute approximate surface area is 123 Å². The van der Waals surface area contributed by atoms with Crippen molar-refractivity contribution in [1.29, 1.82) is 0 Å². The van der Waals surface area contributed by atoms with Crippen LogP contribution in [0.15, 0.2) is 24.3 Å². The Hall–Kier alpha value is -1.43. The summed E-state index contributed by atoms with van der Waals surface area (Å²) in [5.74, 6) is -0.168. The molecular weight excluding hydrogens is 281 g/mol. The van der Waals surface area contributed by atoms with Gasteiger partial charge in [-0.05, 0) is 25.0 Å². The third-order valence-electron chi connectivity index (χ3n) is 3.41. The van der Waals surface area contributed by atoms with Crippen LogP contribution in [0.3, 0.4) is 0 Å². The highest BCUT2D eigenvalue weighted by Gasteiger charge is 2.31. The van der Waals surface area contributed by atoms with Crippen molar-refractivity contribution in [3.63, 3.8) is 0 Å². The van der Waals surface area contributed by atoms with Crippen LogP contribution in [0.1, 0.15) is 26.7 Å². The van der Waals surface area contributed by atoms with E-state index in [1.807, 2.05) is 6.07 Å². The minimum Gasteiger partial charge on any atom is -0.406 e. The zero-order valence-corrected chi connectivity index (χ0v) is 12.3. The maximum absolute atomic E-state index is 12.3. The molecular formula is C15H21F3N2O. The number of hydrogen-bond donors (Lipinski definition) is 1. The van der Waals surface area contributed by atoms with E-state index in [1.54, 1.807) is 6.07 Å². The lowest BCUT2D eigenvalue weighted by molar-refractivity contribution is -0.274. The van der Waals surface area contributed by atoms with Crippen molar-refractivity contribution in [2.45, 2.75) is 45.1 Å². The minimum atomic E-state index is -4.65. The molecule has 0 aliphatic carbocycles. The van der Waals surface area contributed by atoms with E-state index in [4.69, 9.17) is 0 Å². The number of alkyl halides is 3. The van der Waals surface area contributed by atoms with Gasteiger partial charge in [-0.3, -0.25) is 0 Å². The molecule has 0 bridgehead atoms. The van der Waals surface area contributed by atoms with E-state index >= 15 is 0 Å². The standard InChI is InChI=1S/C15H21F3N2O/c1-11(2)19-12-5-4-8-20(10-12)13-6-3-7-14(9-13)21-15(16,17)18/h3,6-7,9,11-12,19H,4-5,8,10H2,1-2H3. The van der Waals surface area contributed by atoms with Crippen molar-refractivity contribution in [3.8, 4) is 5.75 Å². The highest BCUT2D eigenvalue weighted by molar-refractivity contribution is 5.51. The molecule has 2 rings (SSSR count). The molecule has 1 aliphatic heterocycles. The predicted molar refractivity (Wildman–Crippen MR) is 76.6 cm³/mol. The van der Waals surface area contributed by atoms with Gasteiger partial charge in [0.05, 0.1) is 0 Å². The number of anilines is 1. The molecule has 0 spiro atoms. The summed E-state index contributed by atoms with van der Waals surface area (Å²) in [7, 11) is 0. The van der Waals surface area contributed by atoms with Gasteiger partial charge in [-0.15, -0.1) is 13.2 Å². The Morgan fingerprint density at radius 3 is 2.76 bits per heavy atom. The lowest BCUT2D eigenvalue weighted by atomic mass is 10.0. The van der Waals surface area contributed by atoms with Crippen molar-refractivity contribution in [3.05, 3.63) is 24.3 Å². The van der Waals surface area contributed by atoms with Gasteiger partial charge in [0.15, 0.2) is 0 Å². The zero-order chi connectivity index (χ0) is 15.5. The fourth-order valence-corrected chi connectivity index (χ4v) is 2.70. The number of ether oxygens (including phenoxy) is 1. The Bertz CT molecular complexity index is 462. The summed E-state index contributed by atoms with van der Waals surface area (Å²) in [6.45, 7) is 5.84. The Kier molecular flexibility index (Phi) is 4.98. The summed E-state index contributed by atoms with van der Waals surface area (Å²) >= 11 is 0. The van der Waals surface area contributed by atoms with Crippen LogP contribution in [0.4, 0.5) is 18.9 Å². The van der Waals surface area contributed by atoms with Gasteiger partial charge in [0.1, 0.15) is 5.75 Å². The van der Waals surface area contributed by atoms with Crippen LogP contribution in [0, 0.1) is 0 Å².